The number of anilines is 1. The van der Waals surface area contributed by atoms with Gasteiger partial charge < -0.3 is 10.1 Å². The van der Waals surface area contributed by atoms with Crippen LogP contribution in [-0.4, -0.2) is 27.5 Å². The lowest BCUT2D eigenvalue weighted by atomic mass is 10.1. The minimum absolute atomic E-state index is 0.0928. The molecule has 0 aromatic heterocycles. The van der Waals surface area contributed by atoms with Crippen LogP contribution in [-0.2, 0) is 10.0 Å². The number of rotatable bonds is 6. The lowest BCUT2D eigenvalue weighted by Crippen LogP contribution is -2.32. The monoisotopic (exact) mass is 408 g/mol. The number of benzene rings is 2. The van der Waals surface area contributed by atoms with Gasteiger partial charge in [0.05, 0.1) is 22.6 Å². The van der Waals surface area contributed by atoms with Crippen molar-refractivity contribution in [2.45, 2.75) is 36.6 Å². The maximum atomic E-state index is 12.6. The van der Waals surface area contributed by atoms with Gasteiger partial charge >= 0.3 is 0 Å². The number of methoxy groups -OCH3 is 1. The highest BCUT2D eigenvalue weighted by molar-refractivity contribution is 7.92. The summed E-state index contributed by atoms with van der Waals surface area (Å²) in [5.74, 6) is 0.267. The first kappa shape index (κ1) is 19.5. The van der Waals surface area contributed by atoms with Crippen molar-refractivity contribution in [1.29, 1.82) is 0 Å². The lowest BCUT2D eigenvalue weighted by molar-refractivity contribution is 0.0938. The molecule has 1 aliphatic carbocycles. The second-order valence-electron chi connectivity index (χ2n) is 6.43. The number of sulfonamides is 1. The van der Waals surface area contributed by atoms with Crippen LogP contribution in [0, 0.1) is 0 Å². The fourth-order valence-corrected chi connectivity index (χ4v) is 4.32. The predicted molar refractivity (Wildman–Crippen MR) is 105 cm³/mol. The summed E-state index contributed by atoms with van der Waals surface area (Å²) >= 11 is 6.15. The van der Waals surface area contributed by atoms with Crippen LogP contribution < -0.4 is 14.8 Å². The molecule has 0 heterocycles. The van der Waals surface area contributed by atoms with Gasteiger partial charge in [0.25, 0.3) is 15.9 Å². The van der Waals surface area contributed by atoms with Gasteiger partial charge in [-0.15, -0.1) is 0 Å². The minimum atomic E-state index is -3.80. The van der Waals surface area contributed by atoms with Gasteiger partial charge in [-0.1, -0.05) is 24.4 Å². The van der Waals surface area contributed by atoms with Crippen LogP contribution in [0.4, 0.5) is 5.69 Å². The maximum absolute atomic E-state index is 12.6. The van der Waals surface area contributed by atoms with Gasteiger partial charge in [-0.25, -0.2) is 8.42 Å². The van der Waals surface area contributed by atoms with Crippen LogP contribution in [0.3, 0.4) is 0 Å². The summed E-state index contributed by atoms with van der Waals surface area (Å²) in [6, 6.07) is 10.7. The predicted octanol–water partition coefficient (Wildman–Crippen LogP) is 3.82. The van der Waals surface area contributed by atoms with E-state index in [4.69, 9.17) is 16.3 Å². The molecular formula is C19H21ClN2O4S. The lowest BCUT2D eigenvalue weighted by Gasteiger charge is -2.14. The molecule has 27 heavy (non-hydrogen) atoms. The molecule has 2 aromatic carbocycles. The van der Waals surface area contributed by atoms with Crippen molar-refractivity contribution in [3.05, 3.63) is 53.1 Å². The van der Waals surface area contributed by atoms with Crippen molar-refractivity contribution in [2.75, 3.05) is 11.8 Å². The van der Waals surface area contributed by atoms with Crippen molar-refractivity contribution < 1.29 is 17.9 Å². The molecule has 3 rings (SSSR count). The average Bonchev–Trinajstić information content (AvgIpc) is 3.16. The summed E-state index contributed by atoms with van der Waals surface area (Å²) in [7, 11) is -2.29. The molecule has 2 N–H and O–H groups in total. The molecule has 0 aliphatic heterocycles. The Morgan fingerprint density at radius 2 is 1.78 bits per heavy atom. The number of nitrogens with one attached hydrogen (secondary N) is 2. The fraction of sp³-hybridized carbons (Fsp3) is 0.316. The topological polar surface area (TPSA) is 84.5 Å². The molecule has 1 fully saturated rings. The average molecular weight is 409 g/mol. The number of carbonyl (C=O) groups is 1. The summed E-state index contributed by atoms with van der Waals surface area (Å²) < 4.78 is 32.6. The quantitative estimate of drug-likeness (QED) is 0.760. The maximum Gasteiger partial charge on any atom is 0.261 e. The van der Waals surface area contributed by atoms with E-state index in [1.807, 2.05) is 0 Å². The van der Waals surface area contributed by atoms with Gasteiger partial charge in [0, 0.05) is 11.7 Å². The second kappa shape index (κ2) is 8.19. The number of carbonyl (C=O) groups excluding carboxylic acids is 1. The summed E-state index contributed by atoms with van der Waals surface area (Å²) in [4.78, 5) is 12.6. The molecule has 1 aliphatic rings. The Bertz CT molecular complexity index is 923. The van der Waals surface area contributed by atoms with Gasteiger partial charge in [-0.2, -0.15) is 0 Å². The molecule has 1 amide bonds. The number of amides is 1. The minimum Gasteiger partial charge on any atom is -0.497 e. The van der Waals surface area contributed by atoms with Gasteiger partial charge in [-0.3, -0.25) is 9.52 Å². The Morgan fingerprint density at radius 3 is 2.41 bits per heavy atom. The fourth-order valence-electron chi connectivity index (χ4n) is 3.07. The van der Waals surface area contributed by atoms with Gasteiger partial charge in [0.15, 0.2) is 0 Å². The third kappa shape index (κ3) is 4.73. The van der Waals surface area contributed by atoms with E-state index in [9.17, 15) is 13.2 Å². The highest BCUT2D eigenvalue weighted by Gasteiger charge is 2.21. The van der Waals surface area contributed by atoms with E-state index in [0.717, 1.165) is 25.7 Å². The zero-order valence-corrected chi connectivity index (χ0v) is 16.4. The molecular weight excluding hydrogens is 388 g/mol. The van der Waals surface area contributed by atoms with Crippen LogP contribution >= 0.6 is 11.6 Å². The van der Waals surface area contributed by atoms with E-state index < -0.39 is 10.0 Å². The smallest absolute Gasteiger partial charge is 0.261 e. The Kier molecular flexibility index (Phi) is 5.92. The number of halogens is 1. The second-order valence-corrected chi connectivity index (χ2v) is 8.52. The highest BCUT2D eigenvalue weighted by atomic mass is 35.5. The molecule has 0 unspecified atom stereocenters. The van der Waals surface area contributed by atoms with Crippen LogP contribution in [0.15, 0.2) is 47.4 Å². The zero-order chi connectivity index (χ0) is 19.4. The molecule has 0 radical (unpaired) electrons. The Morgan fingerprint density at radius 1 is 1.11 bits per heavy atom. The van der Waals surface area contributed by atoms with E-state index in [-0.39, 0.29) is 33.1 Å². The SMILES string of the molecule is COc1ccc(S(=O)(=O)Nc2ccc(Cl)c(C(=O)NC3CCCC3)c2)cc1. The summed E-state index contributed by atoms with van der Waals surface area (Å²) in [5, 5.41) is 3.23. The van der Waals surface area contributed by atoms with Crippen molar-refractivity contribution in [2.24, 2.45) is 0 Å². The molecule has 144 valence electrons. The van der Waals surface area contributed by atoms with Gasteiger partial charge in [-0.05, 0) is 55.3 Å². The highest BCUT2D eigenvalue weighted by Crippen LogP contribution is 2.25. The standard InChI is InChI=1S/C19H21ClN2O4S/c1-26-15-7-9-16(10-8-15)27(24,25)22-14-6-11-18(20)17(12-14)19(23)21-13-4-2-3-5-13/h6-13,22H,2-5H2,1H3,(H,21,23). The van der Waals surface area contributed by atoms with Crippen LogP contribution in [0.2, 0.25) is 5.02 Å². The van der Waals surface area contributed by atoms with Gasteiger partial charge in [0.1, 0.15) is 5.75 Å². The molecule has 6 nitrogen and oxygen atoms in total. The summed E-state index contributed by atoms with van der Waals surface area (Å²) in [6.45, 7) is 0. The van der Waals surface area contributed by atoms with Crippen molar-refractivity contribution >= 4 is 33.2 Å². The Balaban J connectivity index is 1.79. The first-order valence-corrected chi connectivity index (χ1v) is 10.5. The Hall–Kier alpha value is -2.25. The van der Waals surface area contributed by atoms with E-state index >= 15 is 0 Å². The molecule has 0 atom stereocenters. The largest absolute Gasteiger partial charge is 0.497 e. The molecule has 8 heteroatoms. The third-order valence-corrected chi connectivity index (χ3v) is 6.25. The van der Waals surface area contributed by atoms with Crippen molar-refractivity contribution in [1.82, 2.24) is 5.32 Å². The van der Waals surface area contributed by atoms with Crippen LogP contribution in [0.5, 0.6) is 5.75 Å². The number of hydrogen-bond acceptors (Lipinski definition) is 4. The molecule has 2 aromatic rings. The van der Waals surface area contributed by atoms with Crippen molar-refractivity contribution in [3.8, 4) is 5.75 Å². The van der Waals surface area contributed by atoms with E-state index in [1.54, 1.807) is 12.1 Å². The first-order chi connectivity index (χ1) is 12.9. The van der Waals surface area contributed by atoms with Gasteiger partial charge in [0.2, 0.25) is 0 Å². The normalized spacial score (nSPS) is 14.7. The number of hydrogen-bond donors (Lipinski definition) is 2. The zero-order valence-electron chi connectivity index (χ0n) is 14.9. The van der Waals surface area contributed by atoms with Crippen LogP contribution in [0.25, 0.3) is 0 Å². The number of ether oxygens (including phenoxy) is 1. The summed E-state index contributed by atoms with van der Waals surface area (Å²) in [5.41, 5.74) is 0.519. The van der Waals surface area contributed by atoms with E-state index in [1.165, 1.54) is 37.4 Å². The van der Waals surface area contributed by atoms with Crippen molar-refractivity contribution in [3.63, 3.8) is 0 Å². The summed E-state index contributed by atoms with van der Waals surface area (Å²) in [6.07, 6.45) is 4.10. The Labute approximate surface area is 163 Å². The van der Waals surface area contributed by atoms with E-state index in [0.29, 0.717) is 5.75 Å². The van der Waals surface area contributed by atoms with E-state index in [2.05, 4.69) is 10.0 Å². The molecule has 0 bridgehead atoms. The third-order valence-electron chi connectivity index (χ3n) is 4.52. The first-order valence-electron chi connectivity index (χ1n) is 8.66. The molecule has 0 spiro atoms. The molecule has 0 saturated heterocycles. The van der Waals surface area contributed by atoms with Crippen LogP contribution in [0.1, 0.15) is 36.0 Å². The molecule has 1 saturated carbocycles.